The fraction of sp³-hybridized carbons (Fsp3) is 0.150. The fourth-order valence-electron chi connectivity index (χ4n) is 3.23. The van der Waals surface area contributed by atoms with Gasteiger partial charge in [-0.1, -0.05) is 18.2 Å². The molecule has 2 heterocycles. The maximum atomic E-state index is 13.7. The van der Waals surface area contributed by atoms with Crippen LogP contribution in [0.1, 0.15) is 22.8 Å². The number of aromatic nitrogens is 2. The number of hydrogen-bond donors (Lipinski definition) is 1. The number of para-hydroxylation sites is 1. The van der Waals surface area contributed by atoms with E-state index < -0.39 is 11.6 Å². The molecular formula is C20H16F2N4O. The Balaban J connectivity index is 1.55. The highest BCUT2D eigenvalue weighted by molar-refractivity contribution is 6.07. The number of anilines is 3. The summed E-state index contributed by atoms with van der Waals surface area (Å²) in [6.07, 6.45) is 3.59. The first-order valence-electron chi connectivity index (χ1n) is 8.48. The second kappa shape index (κ2) is 6.75. The Labute approximate surface area is 154 Å². The van der Waals surface area contributed by atoms with E-state index in [1.807, 2.05) is 31.2 Å². The van der Waals surface area contributed by atoms with Gasteiger partial charge in [0, 0.05) is 30.2 Å². The van der Waals surface area contributed by atoms with Crippen molar-refractivity contribution in [3.05, 3.63) is 77.6 Å². The van der Waals surface area contributed by atoms with Crippen molar-refractivity contribution < 1.29 is 13.6 Å². The molecule has 0 saturated carbocycles. The highest BCUT2D eigenvalue weighted by Crippen LogP contribution is 2.33. The van der Waals surface area contributed by atoms with Crippen molar-refractivity contribution in [2.45, 2.75) is 19.4 Å². The van der Waals surface area contributed by atoms with Gasteiger partial charge in [0.05, 0.1) is 11.3 Å². The van der Waals surface area contributed by atoms with Gasteiger partial charge in [0.2, 0.25) is 5.95 Å². The predicted octanol–water partition coefficient (Wildman–Crippen LogP) is 4.09. The zero-order chi connectivity index (χ0) is 19.0. The molecule has 1 unspecified atom stereocenters. The molecule has 0 radical (unpaired) electrons. The van der Waals surface area contributed by atoms with E-state index in [0.29, 0.717) is 5.56 Å². The zero-order valence-corrected chi connectivity index (χ0v) is 14.5. The minimum atomic E-state index is -0.749. The lowest BCUT2D eigenvalue weighted by Crippen LogP contribution is -2.35. The zero-order valence-electron chi connectivity index (χ0n) is 14.5. The van der Waals surface area contributed by atoms with Crippen LogP contribution in [0.5, 0.6) is 0 Å². The summed E-state index contributed by atoms with van der Waals surface area (Å²) in [6, 6.07) is 11.0. The standard InChI is InChI=1S/C20H16F2N4O/c1-12-8-13-4-2-3-5-18(13)26(12)19(27)14-10-23-20(24-11-14)25-17-7-6-15(21)9-16(17)22/h2-7,9-12H,8H2,1H3,(H,23,24,25). The number of amides is 1. The minimum absolute atomic E-state index is 0.0426. The average molecular weight is 366 g/mol. The molecule has 7 heteroatoms. The number of halogens is 2. The molecule has 0 saturated heterocycles. The Morgan fingerprint density at radius 2 is 1.89 bits per heavy atom. The molecule has 1 N–H and O–H groups in total. The number of hydrogen-bond acceptors (Lipinski definition) is 4. The van der Waals surface area contributed by atoms with Crippen molar-refractivity contribution >= 4 is 23.2 Å². The molecule has 1 aliphatic rings. The third kappa shape index (κ3) is 3.23. The number of nitrogens with zero attached hydrogens (tertiary/aromatic N) is 3. The van der Waals surface area contributed by atoms with Crippen molar-refractivity contribution in [2.75, 3.05) is 10.2 Å². The van der Waals surface area contributed by atoms with Gasteiger partial charge in [0.25, 0.3) is 5.91 Å². The number of rotatable bonds is 3. The summed E-state index contributed by atoms with van der Waals surface area (Å²) < 4.78 is 26.7. The van der Waals surface area contributed by atoms with Crippen LogP contribution in [0.25, 0.3) is 0 Å². The van der Waals surface area contributed by atoms with E-state index in [1.165, 1.54) is 18.5 Å². The number of fused-ring (bicyclic) bond motifs is 1. The molecule has 136 valence electrons. The number of carbonyl (C=O) groups excluding carboxylic acids is 1. The Morgan fingerprint density at radius 3 is 2.63 bits per heavy atom. The molecule has 27 heavy (non-hydrogen) atoms. The summed E-state index contributed by atoms with van der Waals surface area (Å²) in [5.74, 6) is -1.49. The van der Waals surface area contributed by atoms with Crippen LogP contribution in [-0.4, -0.2) is 21.9 Å². The van der Waals surface area contributed by atoms with Crippen molar-refractivity contribution in [3.63, 3.8) is 0 Å². The van der Waals surface area contributed by atoms with Gasteiger partial charge < -0.3 is 10.2 Å². The number of carbonyl (C=O) groups is 1. The molecular weight excluding hydrogens is 350 g/mol. The van der Waals surface area contributed by atoms with E-state index in [2.05, 4.69) is 15.3 Å². The molecule has 0 fully saturated rings. The number of nitrogens with one attached hydrogen (secondary N) is 1. The van der Waals surface area contributed by atoms with Crippen LogP contribution in [0, 0.1) is 11.6 Å². The van der Waals surface area contributed by atoms with E-state index in [-0.39, 0.29) is 23.6 Å². The Bertz CT molecular complexity index is 1010. The third-order valence-electron chi connectivity index (χ3n) is 4.50. The van der Waals surface area contributed by atoms with Gasteiger partial charge in [-0.25, -0.2) is 18.7 Å². The monoisotopic (exact) mass is 366 g/mol. The van der Waals surface area contributed by atoms with E-state index in [1.54, 1.807) is 4.90 Å². The van der Waals surface area contributed by atoms with Crippen LogP contribution >= 0.6 is 0 Å². The summed E-state index contributed by atoms with van der Waals surface area (Å²) in [7, 11) is 0. The van der Waals surface area contributed by atoms with Crippen molar-refractivity contribution in [2.24, 2.45) is 0 Å². The number of benzene rings is 2. The summed E-state index contributed by atoms with van der Waals surface area (Å²) >= 11 is 0. The largest absolute Gasteiger partial charge is 0.322 e. The summed E-state index contributed by atoms with van der Waals surface area (Å²) in [4.78, 5) is 22.8. The van der Waals surface area contributed by atoms with Gasteiger partial charge in [-0.15, -0.1) is 0 Å². The van der Waals surface area contributed by atoms with Crippen LogP contribution in [-0.2, 0) is 6.42 Å². The van der Waals surface area contributed by atoms with Gasteiger partial charge in [0.15, 0.2) is 0 Å². The molecule has 4 rings (SSSR count). The highest BCUT2D eigenvalue weighted by atomic mass is 19.1. The lowest BCUT2D eigenvalue weighted by atomic mass is 10.1. The molecule has 2 aromatic carbocycles. The summed E-state index contributed by atoms with van der Waals surface area (Å²) in [6.45, 7) is 1.99. The lowest BCUT2D eigenvalue weighted by molar-refractivity contribution is 0.0981. The maximum Gasteiger partial charge on any atom is 0.261 e. The average Bonchev–Trinajstić information content (AvgIpc) is 3.00. The Morgan fingerprint density at radius 1 is 1.15 bits per heavy atom. The fourth-order valence-corrected chi connectivity index (χ4v) is 3.23. The van der Waals surface area contributed by atoms with E-state index >= 15 is 0 Å². The SMILES string of the molecule is CC1Cc2ccccc2N1C(=O)c1cnc(Nc2ccc(F)cc2F)nc1. The van der Waals surface area contributed by atoms with Crippen LogP contribution in [0.15, 0.2) is 54.9 Å². The smallest absolute Gasteiger partial charge is 0.261 e. The Hall–Kier alpha value is -3.35. The van der Waals surface area contributed by atoms with E-state index in [4.69, 9.17) is 0 Å². The molecule has 5 nitrogen and oxygen atoms in total. The molecule has 1 amide bonds. The van der Waals surface area contributed by atoms with Gasteiger partial charge in [-0.05, 0) is 37.1 Å². The first-order valence-corrected chi connectivity index (χ1v) is 8.48. The third-order valence-corrected chi connectivity index (χ3v) is 4.50. The van der Waals surface area contributed by atoms with Gasteiger partial charge >= 0.3 is 0 Å². The first kappa shape index (κ1) is 17.1. The second-order valence-electron chi connectivity index (χ2n) is 6.40. The maximum absolute atomic E-state index is 13.7. The molecule has 0 aliphatic carbocycles. The van der Waals surface area contributed by atoms with Crippen molar-refractivity contribution in [1.29, 1.82) is 0 Å². The highest BCUT2D eigenvalue weighted by Gasteiger charge is 2.31. The normalized spacial score (nSPS) is 15.5. The lowest BCUT2D eigenvalue weighted by Gasteiger charge is -2.22. The second-order valence-corrected chi connectivity index (χ2v) is 6.40. The minimum Gasteiger partial charge on any atom is -0.322 e. The predicted molar refractivity (Wildman–Crippen MR) is 98.1 cm³/mol. The van der Waals surface area contributed by atoms with Gasteiger partial charge in [-0.3, -0.25) is 4.79 Å². The molecule has 0 bridgehead atoms. The summed E-state index contributed by atoms with van der Waals surface area (Å²) in [5, 5.41) is 2.67. The van der Waals surface area contributed by atoms with Crippen LogP contribution in [0.4, 0.5) is 26.1 Å². The van der Waals surface area contributed by atoms with Gasteiger partial charge in [0.1, 0.15) is 11.6 Å². The van der Waals surface area contributed by atoms with E-state index in [9.17, 15) is 13.6 Å². The molecule has 1 aromatic heterocycles. The molecule has 0 spiro atoms. The van der Waals surface area contributed by atoms with Crippen molar-refractivity contribution in [1.82, 2.24) is 9.97 Å². The molecule has 1 atom stereocenters. The first-order chi connectivity index (χ1) is 13.0. The topological polar surface area (TPSA) is 58.1 Å². The van der Waals surface area contributed by atoms with Gasteiger partial charge in [-0.2, -0.15) is 0 Å². The molecule has 3 aromatic rings. The van der Waals surface area contributed by atoms with Crippen molar-refractivity contribution in [3.8, 4) is 0 Å². The van der Waals surface area contributed by atoms with Crippen LogP contribution in [0.2, 0.25) is 0 Å². The molecule has 1 aliphatic heterocycles. The van der Waals surface area contributed by atoms with E-state index in [0.717, 1.165) is 29.8 Å². The van der Waals surface area contributed by atoms with Crippen LogP contribution < -0.4 is 10.2 Å². The van der Waals surface area contributed by atoms with Crippen LogP contribution in [0.3, 0.4) is 0 Å². The quantitative estimate of drug-likeness (QED) is 0.759. The summed E-state index contributed by atoms with van der Waals surface area (Å²) in [5.41, 5.74) is 2.41. The Kier molecular flexibility index (Phi) is 4.27.